The summed E-state index contributed by atoms with van der Waals surface area (Å²) in [6, 6.07) is 5.93. The maximum Gasteiger partial charge on any atom is 0.260 e. The van der Waals surface area contributed by atoms with Gasteiger partial charge in [-0.05, 0) is 48.0 Å². The average Bonchev–Trinajstić information content (AvgIpc) is 2.87. The minimum Gasteiger partial charge on any atom is -0.465 e. The zero-order valence-electron chi connectivity index (χ0n) is 14.7. The maximum absolute atomic E-state index is 12.8. The lowest BCUT2D eigenvalue weighted by Crippen LogP contribution is -2.49. The molecule has 1 aromatic carbocycles. The molecule has 3 rings (SSSR count). The van der Waals surface area contributed by atoms with E-state index in [0.29, 0.717) is 27.2 Å². The van der Waals surface area contributed by atoms with Crippen molar-refractivity contribution in [3.8, 4) is 0 Å². The van der Waals surface area contributed by atoms with E-state index < -0.39 is 15.9 Å². The smallest absolute Gasteiger partial charge is 0.260 e. The first-order chi connectivity index (χ1) is 12.7. The molecule has 144 valence electrons. The maximum atomic E-state index is 12.8. The molecular weight excluding hydrogens is 438 g/mol. The summed E-state index contributed by atoms with van der Waals surface area (Å²) >= 11 is 3.32. The van der Waals surface area contributed by atoms with Gasteiger partial charge in [-0.15, -0.1) is 0 Å². The Labute approximate surface area is 165 Å². The molecule has 2 aromatic rings. The van der Waals surface area contributed by atoms with Crippen molar-refractivity contribution in [1.82, 2.24) is 9.62 Å². The fraction of sp³-hybridized carbons (Fsp3) is 0.294. The van der Waals surface area contributed by atoms with Gasteiger partial charge in [0.25, 0.3) is 5.91 Å². The quantitative estimate of drug-likeness (QED) is 0.732. The van der Waals surface area contributed by atoms with Gasteiger partial charge in [0, 0.05) is 18.8 Å². The van der Waals surface area contributed by atoms with E-state index in [0.717, 1.165) is 4.31 Å². The van der Waals surface area contributed by atoms with Gasteiger partial charge in [-0.2, -0.15) is 4.31 Å². The number of anilines is 1. The van der Waals surface area contributed by atoms with Gasteiger partial charge in [-0.3, -0.25) is 9.59 Å². The predicted octanol–water partition coefficient (Wildman–Crippen LogP) is 2.03. The lowest BCUT2D eigenvalue weighted by molar-refractivity contribution is -0.122. The lowest BCUT2D eigenvalue weighted by Gasteiger charge is -2.26. The van der Waals surface area contributed by atoms with Crippen LogP contribution in [0.4, 0.5) is 5.69 Å². The van der Waals surface area contributed by atoms with Crippen LogP contribution in [0.1, 0.15) is 21.9 Å². The highest BCUT2D eigenvalue weighted by Gasteiger charge is 2.29. The largest absolute Gasteiger partial charge is 0.465 e. The van der Waals surface area contributed by atoms with Crippen molar-refractivity contribution in [2.75, 3.05) is 25.0 Å². The van der Waals surface area contributed by atoms with Gasteiger partial charge < -0.3 is 15.1 Å². The number of benzene rings is 1. The molecule has 2 N–H and O–H groups in total. The van der Waals surface area contributed by atoms with Crippen molar-refractivity contribution in [3.63, 3.8) is 0 Å². The Balaban J connectivity index is 1.85. The van der Waals surface area contributed by atoms with E-state index in [4.69, 9.17) is 4.42 Å². The Morgan fingerprint density at radius 3 is 2.67 bits per heavy atom. The Kier molecular flexibility index (Phi) is 5.41. The van der Waals surface area contributed by atoms with Gasteiger partial charge in [0.2, 0.25) is 15.9 Å². The fourth-order valence-electron chi connectivity index (χ4n) is 2.81. The van der Waals surface area contributed by atoms with E-state index in [-0.39, 0.29) is 30.4 Å². The van der Waals surface area contributed by atoms with Gasteiger partial charge >= 0.3 is 0 Å². The van der Waals surface area contributed by atoms with Crippen LogP contribution in [0.15, 0.2) is 38.1 Å². The highest BCUT2D eigenvalue weighted by atomic mass is 79.9. The van der Waals surface area contributed by atoms with Crippen molar-refractivity contribution in [3.05, 3.63) is 45.8 Å². The van der Waals surface area contributed by atoms with Crippen molar-refractivity contribution < 1.29 is 22.4 Å². The number of sulfonamides is 1. The third-order valence-electron chi connectivity index (χ3n) is 4.15. The number of halogens is 1. The van der Waals surface area contributed by atoms with E-state index >= 15 is 0 Å². The molecule has 2 amide bonds. The molecular formula is C17H18BrN3O5S. The summed E-state index contributed by atoms with van der Waals surface area (Å²) in [7, 11) is -3.84. The summed E-state index contributed by atoms with van der Waals surface area (Å²) < 4.78 is 32.6. The Bertz CT molecular complexity index is 1020. The van der Waals surface area contributed by atoms with Crippen LogP contribution in [-0.2, 0) is 14.8 Å². The Morgan fingerprint density at radius 2 is 2.04 bits per heavy atom. The van der Waals surface area contributed by atoms with Crippen LogP contribution in [0.5, 0.6) is 0 Å². The summed E-state index contributed by atoms with van der Waals surface area (Å²) in [6.45, 7) is 3.65. The molecule has 1 saturated heterocycles. The summed E-state index contributed by atoms with van der Waals surface area (Å²) in [5.41, 5.74) is 0.682. The third-order valence-corrected chi connectivity index (χ3v) is 6.94. The second kappa shape index (κ2) is 7.45. The fourth-order valence-corrected chi connectivity index (χ4v) is 4.80. The van der Waals surface area contributed by atoms with Crippen LogP contribution < -0.4 is 10.6 Å². The zero-order valence-corrected chi connectivity index (χ0v) is 17.1. The van der Waals surface area contributed by atoms with Gasteiger partial charge in [-0.25, -0.2) is 8.42 Å². The van der Waals surface area contributed by atoms with E-state index in [1.165, 1.54) is 18.2 Å². The summed E-state index contributed by atoms with van der Waals surface area (Å²) in [6.07, 6.45) is 0. The monoisotopic (exact) mass is 455 g/mol. The van der Waals surface area contributed by atoms with Crippen LogP contribution in [0.2, 0.25) is 0 Å². The summed E-state index contributed by atoms with van der Waals surface area (Å²) in [5.74, 6) is 0.283. The molecule has 8 nitrogen and oxygen atoms in total. The number of rotatable bonds is 4. The number of piperazine rings is 1. The molecule has 1 fully saturated rings. The van der Waals surface area contributed by atoms with Crippen LogP contribution in [0.3, 0.4) is 0 Å². The molecule has 0 aliphatic carbocycles. The molecule has 0 radical (unpaired) electrons. The molecule has 1 aliphatic heterocycles. The topological polar surface area (TPSA) is 109 Å². The molecule has 1 aromatic heterocycles. The number of hydrogen-bond acceptors (Lipinski definition) is 5. The van der Waals surface area contributed by atoms with Crippen LogP contribution in [0, 0.1) is 13.8 Å². The normalized spacial score (nSPS) is 15.4. The van der Waals surface area contributed by atoms with Gasteiger partial charge in [0.1, 0.15) is 11.5 Å². The number of nitrogens with one attached hydrogen (secondary N) is 2. The minimum absolute atomic E-state index is 0.00848. The molecule has 1 aliphatic rings. The van der Waals surface area contributed by atoms with Crippen molar-refractivity contribution in [1.29, 1.82) is 0 Å². The SMILES string of the molecule is Cc1oc(C)c(C(=O)Nc2cccc(S(=O)(=O)N3CCNC(=O)C3)c2)c1Br. The van der Waals surface area contributed by atoms with Gasteiger partial charge in [-0.1, -0.05) is 6.07 Å². The standard InChI is InChI=1S/C17H18BrN3O5S/c1-10-15(16(18)11(2)26-10)17(23)20-12-4-3-5-13(8-12)27(24,25)21-7-6-19-14(22)9-21/h3-5,8H,6-7,9H2,1-2H3,(H,19,22)(H,20,23). The predicted molar refractivity (Wildman–Crippen MR) is 102 cm³/mol. The molecule has 0 unspecified atom stereocenters. The number of furan rings is 1. The number of hydrogen-bond donors (Lipinski definition) is 2. The molecule has 27 heavy (non-hydrogen) atoms. The molecule has 10 heteroatoms. The molecule has 2 heterocycles. The van der Waals surface area contributed by atoms with Crippen molar-refractivity contribution >= 4 is 43.5 Å². The number of aryl methyl sites for hydroxylation is 2. The molecule has 0 bridgehead atoms. The molecule has 0 atom stereocenters. The van der Waals surface area contributed by atoms with E-state index in [9.17, 15) is 18.0 Å². The highest BCUT2D eigenvalue weighted by molar-refractivity contribution is 9.10. The van der Waals surface area contributed by atoms with Crippen LogP contribution >= 0.6 is 15.9 Å². The van der Waals surface area contributed by atoms with Crippen LogP contribution in [-0.4, -0.2) is 44.2 Å². The first kappa shape index (κ1) is 19.6. The van der Waals surface area contributed by atoms with Gasteiger partial charge in [0.05, 0.1) is 21.5 Å². The second-order valence-corrected chi connectivity index (χ2v) is 8.80. The Hall–Kier alpha value is -2.17. The van der Waals surface area contributed by atoms with E-state index in [1.807, 2.05) is 0 Å². The highest BCUT2D eigenvalue weighted by Crippen LogP contribution is 2.28. The molecule has 0 saturated carbocycles. The molecule has 0 spiro atoms. The average molecular weight is 456 g/mol. The number of nitrogens with zero attached hydrogens (tertiary/aromatic N) is 1. The summed E-state index contributed by atoms with van der Waals surface area (Å²) in [4.78, 5) is 24.1. The number of carbonyl (C=O) groups excluding carboxylic acids is 2. The Morgan fingerprint density at radius 1 is 1.30 bits per heavy atom. The van der Waals surface area contributed by atoms with Crippen molar-refractivity contribution in [2.24, 2.45) is 0 Å². The zero-order chi connectivity index (χ0) is 19.8. The summed E-state index contributed by atoms with van der Waals surface area (Å²) in [5, 5.41) is 5.27. The third kappa shape index (κ3) is 3.92. The van der Waals surface area contributed by atoms with Crippen molar-refractivity contribution in [2.45, 2.75) is 18.7 Å². The van der Waals surface area contributed by atoms with E-state index in [1.54, 1.807) is 19.9 Å². The first-order valence-corrected chi connectivity index (χ1v) is 10.4. The van der Waals surface area contributed by atoms with Gasteiger partial charge in [0.15, 0.2) is 0 Å². The number of amides is 2. The first-order valence-electron chi connectivity index (χ1n) is 8.14. The van der Waals surface area contributed by atoms with E-state index in [2.05, 4.69) is 26.6 Å². The van der Waals surface area contributed by atoms with Crippen LogP contribution in [0.25, 0.3) is 0 Å². The second-order valence-electron chi connectivity index (χ2n) is 6.07. The number of carbonyl (C=O) groups is 2. The lowest BCUT2D eigenvalue weighted by atomic mass is 10.2. The minimum atomic E-state index is -3.84.